The molecule has 0 spiro atoms. The number of benzene rings is 1. The third-order valence-electron chi connectivity index (χ3n) is 2.71. The Kier molecular flexibility index (Phi) is 3.99. The van der Waals surface area contributed by atoms with Crippen molar-refractivity contribution in [3.8, 4) is 5.75 Å². The molecule has 96 valence electrons. The molecule has 2 aromatic rings. The van der Waals surface area contributed by atoms with Crippen LogP contribution in [-0.2, 0) is 11.3 Å². The van der Waals surface area contributed by atoms with E-state index in [1.807, 2.05) is 38.2 Å². The minimum absolute atomic E-state index is 0.512. The molecule has 4 heteroatoms. The zero-order valence-electron chi connectivity index (χ0n) is 11.0. The number of fused-ring (bicyclic) bond motifs is 1. The lowest BCUT2D eigenvalue weighted by Gasteiger charge is -2.10. The van der Waals surface area contributed by atoms with Crippen LogP contribution in [0, 0.1) is 0 Å². The summed E-state index contributed by atoms with van der Waals surface area (Å²) < 4.78 is 10.6. The molecule has 0 fully saturated rings. The minimum Gasteiger partial charge on any atom is -0.494 e. The van der Waals surface area contributed by atoms with E-state index in [2.05, 4.69) is 10.3 Å². The van der Waals surface area contributed by atoms with Gasteiger partial charge in [0.1, 0.15) is 5.75 Å². The monoisotopic (exact) mass is 246 g/mol. The average Bonchev–Trinajstić information content (AvgIpc) is 2.39. The number of pyridine rings is 1. The molecule has 0 unspecified atom stereocenters. The molecule has 1 aromatic heterocycles. The topological polar surface area (TPSA) is 43.4 Å². The standard InChI is InChI=1S/C14H18N2O2/c1-4-18-11-5-6-13-12(8-11)14(15-2)7-10(16-13)9-17-3/h5-8H,4,9H2,1-3H3,(H,15,16). The van der Waals surface area contributed by atoms with Crippen LogP contribution in [0.3, 0.4) is 0 Å². The van der Waals surface area contributed by atoms with Gasteiger partial charge in [0.15, 0.2) is 0 Å². The molecule has 1 heterocycles. The maximum Gasteiger partial charge on any atom is 0.120 e. The number of aromatic nitrogens is 1. The maximum absolute atomic E-state index is 5.51. The Morgan fingerprint density at radius 3 is 2.78 bits per heavy atom. The molecule has 0 aliphatic heterocycles. The SMILES string of the molecule is CCOc1ccc2nc(COC)cc(NC)c2c1. The molecule has 0 atom stereocenters. The predicted molar refractivity (Wildman–Crippen MR) is 73.2 cm³/mol. The van der Waals surface area contributed by atoms with Crippen LogP contribution in [0.4, 0.5) is 5.69 Å². The van der Waals surface area contributed by atoms with Gasteiger partial charge in [0.25, 0.3) is 0 Å². The maximum atomic E-state index is 5.51. The van der Waals surface area contributed by atoms with E-state index in [0.29, 0.717) is 13.2 Å². The van der Waals surface area contributed by atoms with E-state index in [4.69, 9.17) is 9.47 Å². The van der Waals surface area contributed by atoms with Crippen LogP contribution >= 0.6 is 0 Å². The first-order valence-corrected chi connectivity index (χ1v) is 6.01. The first-order chi connectivity index (χ1) is 8.78. The van der Waals surface area contributed by atoms with E-state index in [-0.39, 0.29) is 0 Å². The molecule has 0 saturated carbocycles. The van der Waals surface area contributed by atoms with Gasteiger partial charge in [-0.2, -0.15) is 0 Å². The molecule has 1 N–H and O–H groups in total. The summed E-state index contributed by atoms with van der Waals surface area (Å²) >= 11 is 0. The van der Waals surface area contributed by atoms with Crippen LogP contribution < -0.4 is 10.1 Å². The highest BCUT2D eigenvalue weighted by atomic mass is 16.5. The van der Waals surface area contributed by atoms with Gasteiger partial charge in [-0.3, -0.25) is 4.98 Å². The van der Waals surface area contributed by atoms with Gasteiger partial charge < -0.3 is 14.8 Å². The summed E-state index contributed by atoms with van der Waals surface area (Å²) in [6.45, 7) is 3.15. The Labute approximate surface area is 107 Å². The van der Waals surface area contributed by atoms with Crippen molar-refractivity contribution in [1.29, 1.82) is 0 Å². The molecule has 4 nitrogen and oxygen atoms in total. The molecule has 0 aliphatic carbocycles. The first-order valence-electron chi connectivity index (χ1n) is 6.01. The Bertz CT molecular complexity index is 541. The molecule has 0 saturated heterocycles. The Balaban J connectivity index is 2.52. The normalized spacial score (nSPS) is 10.6. The lowest BCUT2D eigenvalue weighted by atomic mass is 10.1. The second-order valence-electron chi connectivity index (χ2n) is 3.96. The molecular weight excluding hydrogens is 228 g/mol. The van der Waals surface area contributed by atoms with Crippen LogP contribution in [0.1, 0.15) is 12.6 Å². The van der Waals surface area contributed by atoms with Crippen LogP contribution in [0.25, 0.3) is 10.9 Å². The number of nitrogens with zero attached hydrogens (tertiary/aromatic N) is 1. The van der Waals surface area contributed by atoms with Crippen molar-refractivity contribution in [3.05, 3.63) is 30.0 Å². The Morgan fingerprint density at radius 1 is 1.28 bits per heavy atom. The lowest BCUT2D eigenvalue weighted by Crippen LogP contribution is -1.98. The molecule has 0 amide bonds. The van der Waals surface area contributed by atoms with Gasteiger partial charge in [0.2, 0.25) is 0 Å². The minimum atomic E-state index is 0.512. The van der Waals surface area contributed by atoms with Gasteiger partial charge in [-0.25, -0.2) is 0 Å². The van der Waals surface area contributed by atoms with Crippen molar-refractivity contribution >= 4 is 16.6 Å². The van der Waals surface area contributed by atoms with E-state index >= 15 is 0 Å². The summed E-state index contributed by atoms with van der Waals surface area (Å²) in [4.78, 5) is 4.55. The van der Waals surface area contributed by atoms with Crippen molar-refractivity contribution in [2.45, 2.75) is 13.5 Å². The molecule has 0 radical (unpaired) electrons. The zero-order valence-corrected chi connectivity index (χ0v) is 11.0. The largest absolute Gasteiger partial charge is 0.494 e. The molecule has 0 aliphatic rings. The lowest BCUT2D eigenvalue weighted by molar-refractivity contribution is 0.182. The van der Waals surface area contributed by atoms with Gasteiger partial charge in [0, 0.05) is 25.2 Å². The van der Waals surface area contributed by atoms with Crippen molar-refractivity contribution in [2.24, 2.45) is 0 Å². The molecule has 18 heavy (non-hydrogen) atoms. The smallest absolute Gasteiger partial charge is 0.120 e. The second-order valence-corrected chi connectivity index (χ2v) is 3.96. The van der Waals surface area contributed by atoms with E-state index in [0.717, 1.165) is 28.0 Å². The van der Waals surface area contributed by atoms with E-state index in [1.54, 1.807) is 7.11 Å². The number of hydrogen-bond donors (Lipinski definition) is 1. The zero-order chi connectivity index (χ0) is 13.0. The summed E-state index contributed by atoms with van der Waals surface area (Å²) in [6, 6.07) is 7.92. The number of nitrogens with one attached hydrogen (secondary N) is 1. The number of methoxy groups -OCH3 is 1. The summed E-state index contributed by atoms with van der Waals surface area (Å²) in [5.74, 6) is 0.864. The second kappa shape index (κ2) is 5.69. The van der Waals surface area contributed by atoms with Gasteiger partial charge in [0.05, 0.1) is 24.4 Å². The highest BCUT2D eigenvalue weighted by molar-refractivity contribution is 5.92. The highest BCUT2D eigenvalue weighted by Gasteiger charge is 2.06. The van der Waals surface area contributed by atoms with Crippen molar-refractivity contribution in [3.63, 3.8) is 0 Å². The van der Waals surface area contributed by atoms with Crippen molar-refractivity contribution in [1.82, 2.24) is 4.98 Å². The quantitative estimate of drug-likeness (QED) is 0.881. The molecular formula is C14H18N2O2. The van der Waals surface area contributed by atoms with E-state index in [9.17, 15) is 0 Å². The van der Waals surface area contributed by atoms with E-state index < -0.39 is 0 Å². The summed E-state index contributed by atoms with van der Waals surface area (Å²) in [5, 5.41) is 4.25. The fourth-order valence-corrected chi connectivity index (χ4v) is 1.94. The summed E-state index contributed by atoms with van der Waals surface area (Å²) in [6.07, 6.45) is 0. The van der Waals surface area contributed by atoms with Crippen molar-refractivity contribution in [2.75, 3.05) is 26.1 Å². The Morgan fingerprint density at radius 2 is 2.11 bits per heavy atom. The molecule has 1 aromatic carbocycles. The van der Waals surface area contributed by atoms with Crippen LogP contribution in [-0.4, -0.2) is 25.7 Å². The van der Waals surface area contributed by atoms with Crippen LogP contribution in [0.15, 0.2) is 24.3 Å². The average molecular weight is 246 g/mol. The fraction of sp³-hybridized carbons (Fsp3) is 0.357. The number of ether oxygens (including phenoxy) is 2. The highest BCUT2D eigenvalue weighted by Crippen LogP contribution is 2.27. The molecule has 2 rings (SSSR count). The fourth-order valence-electron chi connectivity index (χ4n) is 1.94. The van der Waals surface area contributed by atoms with Gasteiger partial charge in [-0.15, -0.1) is 0 Å². The predicted octanol–water partition coefficient (Wildman–Crippen LogP) is 2.82. The molecule has 0 bridgehead atoms. The van der Waals surface area contributed by atoms with Gasteiger partial charge in [-0.05, 0) is 31.2 Å². The number of hydrogen-bond acceptors (Lipinski definition) is 4. The van der Waals surface area contributed by atoms with E-state index in [1.165, 1.54) is 0 Å². The van der Waals surface area contributed by atoms with Crippen LogP contribution in [0.2, 0.25) is 0 Å². The third kappa shape index (κ3) is 2.54. The first kappa shape index (κ1) is 12.6. The Hall–Kier alpha value is -1.81. The van der Waals surface area contributed by atoms with Crippen LogP contribution in [0.5, 0.6) is 5.75 Å². The number of anilines is 1. The summed E-state index contributed by atoms with van der Waals surface area (Å²) in [7, 11) is 3.57. The third-order valence-corrected chi connectivity index (χ3v) is 2.71. The van der Waals surface area contributed by atoms with Gasteiger partial charge in [-0.1, -0.05) is 0 Å². The summed E-state index contributed by atoms with van der Waals surface area (Å²) in [5.41, 5.74) is 2.89. The van der Waals surface area contributed by atoms with Gasteiger partial charge >= 0.3 is 0 Å². The number of rotatable bonds is 5. The van der Waals surface area contributed by atoms with Crippen molar-refractivity contribution < 1.29 is 9.47 Å².